The van der Waals surface area contributed by atoms with Crippen molar-refractivity contribution in [2.45, 2.75) is 60.8 Å². The van der Waals surface area contributed by atoms with Gasteiger partial charge in [0.25, 0.3) is 0 Å². The summed E-state index contributed by atoms with van der Waals surface area (Å²) in [4.78, 5) is 0. The molecule has 1 aromatic rings. The Labute approximate surface area is 128 Å². The summed E-state index contributed by atoms with van der Waals surface area (Å²) in [5.41, 5.74) is 19.1. The van der Waals surface area contributed by atoms with Gasteiger partial charge in [-0.2, -0.15) is 0 Å². The van der Waals surface area contributed by atoms with Crippen molar-refractivity contribution in [3.63, 3.8) is 0 Å². The summed E-state index contributed by atoms with van der Waals surface area (Å²) in [6.07, 6.45) is 3.50. The van der Waals surface area contributed by atoms with Crippen molar-refractivity contribution in [1.82, 2.24) is 0 Å². The van der Waals surface area contributed by atoms with Gasteiger partial charge in [-0.1, -0.05) is 16.7 Å². The van der Waals surface area contributed by atoms with E-state index in [-0.39, 0.29) is 0 Å². The van der Waals surface area contributed by atoms with Crippen molar-refractivity contribution in [2.24, 2.45) is 0 Å². The van der Waals surface area contributed by atoms with E-state index >= 15 is 0 Å². The van der Waals surface area contributed by atoms with Gasteiger partial charge >= 0.3 is 0 Å². The van der Waals surface area contributed by atoms with Crippen LogP contribution in [0.3, 0.4) is 0 Å². The van der Waals surface area contributed by atoms with Crippen molar-refractivity contribution in [3.8, 4) is 0 Å². The lowest BCUT2D eigenvalue weighted by atomic mass is 9.85. The molecular formula is C21H24. The molecule has 0 amide bonds. The monoisotopic (exact) mass is 276 g/mol. The maximum atomic E-state index is 2.33. The van der Waals surface area contributed by atoms with Crippen LogP contribution in [0.2, 0.25) is 0 Å². The fourth-order valence-corrected chi connectivity index (χ4v) is 4.64. The van der Waals surface area contributed by atoms with Crippen LogP contribution in [0.25, 0.3) is 16.7 Å². The standard InChI is InChI=1S/C21H24/c1-10-7-16-19(13(10)4)17-8-11(2)15(6)21(17)18-9-12(3)14(5)20(16)18/h7-9H2,1-6H3. The Morgan fingerprint density at radius 2 is 0.667 bits per heavy atom. The average Bonchev–Trinajstić information content (AvgIpc) is 2.99. The third-order valence-electron chi connectivity index (χ3n) is 6.18. The van der Waals surface area contributed by atoms with Crippen molar-refractivity contribution >= 4 is 16.7 Å². The van der Waals surface area contributed by atoms with Crippen LogP contribution in [0, 0.1) is 0 Å². The smallest absolute Gasteiger partial charge is 0.00516 e. The van der Waals surface area contributed by atoms with Crippen LogP contribution in [0.5, 0.6) is 0 Å². The first-order valence-corrected chi connectivity index (χ1v) is 8.12. The molecule has 0 unspecified atom stereocenters. The van der Waals surface area contributed by atoms with Crippen LogP contribution in [-0.4, -0.2) is 0 Å². The largest absolute Gasteiger partial charge is 0.0654 e. The molecule has 108 valence electrons. The minimum Gasteiger partial charge on any atom is -0.0654 e. The zero-order valence-corrected chi connectivity index (χ0v) is 14.1. The van der Waals surface area contributed by atoms with E-state index in [4.69, 9.17) is 0 Å². The van der Waals surface area contributed by atoms with Gasteiger partial charge in [-0.3, -0.25) is 0 Å². The van der Waals surface area contributed by atoms with E-state index in [9.17, 15) is 0 Å². The highest BCUT2D eigenvalue weighted by Crippen LogP contribution is 2.51. The van der Waals surface area contributed by atoms with Crippen LogP contribution in [0.15, 0.2) is 16.7 Å². The van der Waals surface area contributed by atoms with Crippen molar-refractivity contribution in [1.29, 1.82) is 0 Å². The van der Waals surface area contributed by atoms with E-state index < -0.39 is 0 Å². The molecule has 0 aromatic heterocycles. The van der Waals surface area contributed by atoms with E-state index in [2.05, 4.69) is 41.5 Å². The fraction of sp³-hybridized carbons (Fsp3) is 0.429. The number of benzene rings is 1. The summed E-state index contributed by atoms with van der Waals surface area (Å²) in [6.45, 7) is 13.9. The summed E-state index contributed by atoms with van der Waals surface area (Å²) in [7, 11) is 0. The van der Waals surface area contributed by atoms with E-state index in [0.717, 1.165) is 0 Å². The van der Waals surface area contributed by atoms with Crippen LogP contribution in [0.1, 0.15) is 74.9 Å². The van der Waals surface area contributed by atoms with Crippen LogP contribution >= 0.6 is 0 Å². The minimum atomic E-state index is 1.17. The minimum absolute atomic E-state index is 1.17. The van der Waals surface area contributed by atoms with Crippen molar-refractivity contribution < 1.29 is 0 Å². The Hall–Kier alpha value is -1.56. The quantitative estimate of drug-likeness (QED) is 0.567. The molecule has 0 bridgehead atoms. The highest BCUT2D eigenvalue weighted by molar-refractivity contribution is 5.94. The second-order valence-electron chi connectivity index (χ2n) is 7.31. The Morgan fingerprint density at radius 1 is 0.429 bits per heavy atom. The molecule has 3 aliphatic rings. The first kappa shape index (κ1) is 13.1. The lowest BCUT2D eigenvalue weighted by Gasteiger charge is -2.18. The molecule has 0 N–H and O–H groups in total. The number of fused-ring (bicyclic) bond motifs is 6. The second kappa shape index (κ2) is 4.00. The maximum absolute atomic E-state index is 2.33. The van der Waals surface area contributed by atoms with Gasteiger partial charge in [-0.25, -0.2) is 0 Å². The zero-order chi connectivity index (χ0) is 15.0. The molecule has 0 saturated heterocycles. The molecule has 0 radical (unpaired) electrons. The molecule has 0 nitrogen and oxygen atoms in total. The summed E-state index contributed by atoms with van der Waals surface area (Å²) >= 11 is 0. The predicted octanol–water partition coefficient (Wildman–Crippen LogP) is 5.74. The van der Waals surface area contributed by atoms with E-state index in [1.165, 1.54) is 19.3 Å². The lowest BCUT2D eigenvalue weighted by Crippen LogP contribution is -2.03. The third kappa shape index (κ3) is 1.46. The summed E-state index contributed by atoms with van der Waals surface area (Å²) < 4.78 is 0. The molecule has 3 aliphatic carbocycles. The number of allylic oxidation sites excluding steroid dienone is 6. The third-order valence-corrected chi connectivity index (χ3v) is 6.18. The topological polar surface area (TPSA) is 0 Å². The first-order chi connectivity index (χ1) is 9.91. The van der Waals surface area contributed by atoms with E-state index in [0.29, 0.717) is 0 Å². The first-order valence-electron chi connectivity index (χ1n) is 8.12. The van der Waals surface area contributed by atoms with Crippen molar-refractivity contribution in [3.05, 3.63) is 50.1 Å². The summed E-state index contributed by atoms with van der Waals surface area (Å²) in [5.74, 6) is 0. The van der Waals surface area contributed by atoms with Gasteiger partial charge in [0.05, 0.1) is 0 Å². The Morgan fingerprint density at radius 3 is 0.905 bits per heavy atom. The molecule has 0 atom stereocenters. The van der Waals surface area contributed by atoms with Gasteiger partial charge in [0.1, 0.15) is 0 Å². The molecule has 0 saturated carbocycles. The van der Waals surface area contributed by atoms with Crippen LogP contribution in [0.4, 0.5) is 0 Å². The fourth-order valence-electron chi connectivity index (χ4n) is 4.64. The van der Waals surface area contributed by atoms with Crippen molar-refractivity contribution in [2.75, 3.05) is 0 Å². The molecule has 0 spiro atoms. The van der Waals surface area contributed by atoms with Gasteiger partial charge in [-0.15, -0.1) is 0 Å². The molecule has 0 fully saturated rings. The Balaban J connectivity index is 2.14. The normalized spacial score (nSPS) is 19.7. The summed E-state index contributed by atoms with van der Waals surface area (Å²) in [6, 6.07) is 0. The Kier molecular flexibility index (Phi) is 2.50. The van der Waals surface area contributed by atoms with Gasteiger partial charge in [-0.05, 0) is 111 Å². The second-order valence-corrected chi connectivity index (χ2v) is 7.31. The number of rotatable bonds is 0. The number of hydrogen-bond acceptors (Lipinski definition) is 0. The molecule has 1 aromatic carbocycles. The molecular weight excluding hydrogens is 252 g/mol. The van der Waals surface area contributed by atoms with Crippen LogP contribution < -0.4 is 0 Å². The SMILES string of the molecule is CC1=C(C)c2c3c(c4c(c2C1)C(C)=C(C)C4)C(C)=C(C)C3. The van der Waals surface area contributed by atoms with Gasteiger partial charge in [0.2, 0.25) is 0 Å². The molecule has 0 aliphatic heterocycles. The van der Waals surface area contributed by atoms with Crippen LogP contribution in [-0.2, 0) is 19.3 Å². The highest BCUT2D eigenvalue weighted by Gasteiger charge is 2.34. The average molecular weight is 276 g/mol. The molecule has 0 heteroatoms. The highest BCUT2D eigenvalue weighted by atomic mass is 14.4. The lowest BCUT2D eigenvalue weighted by molar-refractivity contribution is 1.11. The van der Waals surface area contributed by atoms with Gasteiger partial charge in [0.15, 0.2) is 0 Å². The Bertz CT molecular complexity index is 676. The van der Waals surface area contributed by atoms with Gasteiger partial charge in [0, 0.05) is 0 Å². The number of hydrogen-bond donors (Lipinski definition) is 0. The zero-order valence-electron chi connectivity index (χ0n) is 14.1. The maximum Gasteiger partial charge on any atom is -0.00516 e. The predicted molar refractivity (Wildman–Crippen MR) is 92.4 cm³/mol. The molecule has 21 heavy (non-hydrogen) atoms. The molecule has 4 rings (SSSR count). The van der Waals surface area contributed by atoms with E-state index in [1.54, 1.807) is 66.8 Å². The van der Waals surface area contributed by atoms with E-state index in [1.807, 2.05) is 0 Å². The van der Waals surface area contributed by atoms with Gasteiger partial charge < -0.3 is 0 Å². The molecule has 0 heterocycles. The summed E-state index contributed by atoms with van der Waals surface area (Å²) in [5, 5.41) is 0.